The Labute approximate surface area is 181 Å². The van der Waals surface area contributed by atoms with Gasteiger partial charge in [-0.2, -0.15) is 0 Å². The van der Waals surface area contributed by atoms with Gasteiger partial charge in [0.2, 0.25) is 0 Å². The molecular weight excluding hydrogens is 384 g/mol. The van der Waals surface area contributed by atoms with Gasteiger partial charge in [-0.15, -0.1) is 0 Å². The molecule has 0 radical (unpaired) electrons. The first-order chi connectivity index (χ1) is 15.2. The van der Waals surface area contributed by atoms with Crippen molar-refractivity contribution >= 4 is 28.3 Å². The summed E-state index contributed by atoms with van der Waals surface area (Å²) in [6.07, 6.45) is 1.75. The third-order valence-corrected chi connectivity index (χ3v) is 5.20. The molecule has 154 valence electrons. The molecule has 4 aromatic carbocycles. The number of amides is 2. The van der Waals surface area contributed by atoms with Gasteiger partial charge in [0.05, 0.1) is 11.3 Å². The Balaban J connectivity index is 1.40. The van der Waals surface area contributed by atoms with Crippen LogP contribution in [0.1, 0.15) is 32.7 Å². The molecule has 0 aromatic heterocycles. The molecule has 0 heterocycles. The summed E-state index contributed by atoms with van der Waals surface area (Å²) in [5, 5.41) is 7.92. The van der Waals surface area contributed by atoms with Crippen LogP contribution >= 0.6 is 0 Å². The molecule has 4 aromatic rings. The van der Waals surface area contributed by atoms with E-state index in [1.807, 2.05) is 60.7 Å². The molecule has 0 unspecified atom stereocenters. The SMILES string of the molecule is O=C(Nc1ccccc1C(=O)NCCCc1ccccc1)c1ccc2ccccc2c1. The fourth-order valence-corrected chi connectivity index (χ4v) is 3.55. The predicted molar refractivity (Wildman–Crippen MR) is 125 cm³/mol. The lowest BCUT2D eigenvalue weighted by molar-refractivity contribution is 0.0954. The minimum Gasteiger partial charge on any atom is -0.352 e. The van der Waals surface area contributed by atoms with Crippen LogP contribution < -0.4 is 10.6 Å². The van der Waals surface area contributed by atoms with Crippen LogP contribution in [0.4, 0.5) is 5.69 Å². The summed E-state index contributed by atoms with van der Waals surface area (Å²) < 4.78 is 0. The topological polar surface area (TPSA) is 58.2 Å². The van der Waals surface area contributed by atoms with Gasteiger partial charge < -0.3 is 10.6 Å². The molecule has 0 fully saturated rings. The maximum absolute atomic E-state index is 12.8. The Bertz CT molecular complexity index is 1200. The van der Waals surface area contributed by atoms with Gasteiger partial charge in [0, 0.05) is 12.1 Å². The molecule has 0 saturated heterocycles. The van der Waals surface area contributed by atoms with E-state index in [2.05, 4.69) is 22.8 Å². The second-order valence-corrected chi connectivity index (χ2v) is 7.41. The van der Waals surface area contributed by atoms with Gasteiger partial charge in [0.15, 0.2) is 0 Å². The molecule has 2 amide bonds. The van der Waals surface area contributed by atoms with Crippen LogP contribution in [0.25, 0.3) is 10.8 Å². The standard InChI is InChI=1S/C27H24N2O2/c30-26(23-17-16-21-12-4-5-13-22(21)19-23)29-25-15-7-6-14-24(25)27(31)28-18-8-11-20-9-2-1-3-10-20/h1-7,9-10,12-17,19H,8,11,18H2,(H,28,31)(H,29,30). The molecule has 0 atom stereocenters. The van der Waals surface area contributed by atoms with Crippen molar-refractivity contribution in [2.24, 2.45) is 0 Å². The third-order valence-electron chi connectivity index (χ3n) is 5.20. The zero-order valence-corrected chi connectivity index (χ0v) is 17.2. The molecule has 4 nitrogen and oxygen atoms in total. The number of hydrogen-bond acceptors (Lipinski definition) is 2. The molecule has 0 aliphatic carbocycles. The fraction of sp³-hybridized carbons (Fsp3) is 0.111. The monoisotopic (exact) mass is 408 g/mol. The van der Waals surface area contributed by atoms with Crippen molar-refractivity contribution in [2.45, 2.75) is 12.8 Å². The highest BCUT2D eigenvalue weighted by molar-refractivity contribution is 6.10. The van der Waals surface area contributed by atoms with E-state index in [-0.39, 0.29) is 11.8 Å². The predicted octanol–water partition coefficient (Wildman–Crippen LogP) is 5.45. The molecule has 4 rings (SSSR count). The van der Waals surface area contributed by atoms with Crippen LogP contribution in [0, 0.1) is 0 Å². The number of benzene rings is 4. The number of nitrogens with one attached hydrogen (secondary N) is 2. The molecule has 0 aliphatic rings. The second-order valence-electron chi connectivity index (χ2n) is 7.41. The summed E-state index contributed by atoms with van der Waals surface area (Å²) >= 11 is 0. The highest BCUT2D eigenvalue weighted by Gasteiger charge is 2.14. The summed E-state index contributed by atoms with van der Waals surface area (Å²) in [5.74, 6) is -0.433. The zero-order chi connectivity index (χ0) is 21.5. The van der Waals surface area contributed by atoms with E-state index in [9.17, 15) is 9.59 Å². The number of para-hydroxylation sites is 1. The third kappa shape index (κ3) is 5.17. The van der Waals surface area contributed by atoms with Gasteiger partial charge in [-0.1, -0.05) is 72.8 Å². The zero-order valence-electron chi connectivity index (χ0n) is 17.2. The molecule has 31 heavy (non-hydrogen) atoms. The lowest BCUT2D eigenvalue weighted by Gasteiger charge is -2.12. The number of carbonyl (C=O) groups excluding carboxylic acids is 2. The average molecular weight is 409 g/mol. The average Bonchev–Trinajstić information content (AvgIpc) is 2.82. The number of aryl methyl sites for hydroxylation is 1. The van der Waals surface area contributed by atoms with Crippen LogP contribution in [-0.4, -0.2) is 18.4 Å². The number of carbonyl (C=O) groups is 2. The van der Waals surface area contributed by atoms with E-state index in [1.165, 1.54) is 5.56 Å². The van der Waals surface area contributed by atoms with Gasteiger partial charge in [0.25, 0.3) is 11.8 Å². The van der Waals surface area contributed by atoms with E-state index in [1.54, 1.807) is 24.3 Å². The van der Waals surface area contributed by atoms with E-state index in [0.29, 0.717) is 23.4 Å². The van der Waals surface area contributed by atoms with Crippen molar-refractivity contribution in [2.75, 3.05) is 11.9 Å². The minimum absolute atomic E-state index is 0.192. The summed E-state index contributed by atoms with van der Waals surface area (Å²) in [6.45, 7) is 0.570. The quantitative estimate of drug-likeness (QED) is 0.399. The maximum Gasteiger partial charge on any atom is 0.255 e. The molecule has 0 aliphatic heterocycles. The van der Waals surface area contributed by atoms with Crippen LogP contribution in [0.5, 0.6) is 0 Å². The Hall–Kier alpha value is -3.92. The summed E-state index contributed by atoms with van der Waals surface area (Å²) in [7, 11) is 0. The fourth-order valence-electron chi connectivity index (χ4n) is 3.55. The molecule has 0 spiro atoms. The van der Waals surface area contributed by atoms with Gasteiger partial charge in [-0.25, -0.2) is 0 Å². The van der Waals surface area contributed by atoms with Crippen LogP contribution in [0.3, 0.4) is 0 Å². The summed E-state index contributed by atoms with van der Waals surface area (Å²) in [5.41, 5.74) is 2.76. The molecule has 0 saturated carbocycles. The highest BCUT2D eigenvalue weighted by Crippen LogP contribution is 2.19. The largest absolute Gasteiger partial charge is 0.352 e. The highest BCUT2D eigenvalue weighted by atomic mass is 16.2. The van der Waals surface area contributed by atoms with Crippen LogP contribution in [0.15, 0.2) is 97.1 Å². The van der Waals surface area contributed by atoms with Gasteiger partial charge in [-0.05, 0) is 53.4 Å². The van der Waals surface area contributed by atoms with E-state index >= 15 is 0 Å². The summed E-state index contributed by atoms with van der Waals surface area (Å²) in [4.78, 5) is 25.5. The molecule has 0 bridgehead atoms. The summed E-state index contributed by atoms with van der Waals surface area (Å²) in [6, 6.07) is 30.7. The Morgan fingerprint density at radius 3 is 2.23 bits per heavy atom. The first kappa shape index (κ1) is 20.4. The van der Waals surface area contributed by atoms with Crippen molar-refractivity contribution in [1.29, 1.82) is 0 Å². The molecule has 4 heteroatoms. The van der Waals surface area contributed by atoms with E-state index < -0.39 is 0 Å². The van der Waals surface area contributed by atoms with Gasteiger partial charge in [0.1, 0.15) is 0 Å². The number of rotatable bonds is 7. The molecular formula is C27H24N2O2. The Morgan fingerprint density at radius 2 is 1.39 bits per heavy atom. The van der Waals surface area contributed by atoms with Gasteiger partial charge >= 0.3 is 0 Å². The number of anilines is 1. The smallest absolute Gasteiger partial charge is 0.255 e. The van der Waals surface area contributed by atoms with Crippen LogP contribution in [0.2, 0.25) is 0 Å². The lowest BCUT2D eigenvalue weighted by atomic mass is 10.1. The Morgan fingerprint density at radius 1 is 0.677 bits per heavy atom. The minimum atomic E-state index is -0.241. The van der Waals surface area contributed by atoms with Crippen molar-refractivity contribution in [3.63, 3.8) is 0 Å². The van der Waals surface area contributed by atoms with E-state index in [0.717, 1.165) is 23.6 Å². The second kappa shape index (κ2) is 9.72. The number of fused-ring (bicyclic) bond motifs is 1. The van der Waals surface area contributed by atoms with Crippen molar-refractivity contribution < 1.29 is 9.59 Å². The van der Waals surface area contributed by atoms with Crippen molar-refractivity contribution in [1.82, 2.24) is 5.32 Å². The first-order valence-electron chi connectivity index (χ1n) is 10.4. The Kier molecular flexibility index (Phi) is 6.38. The molecule has 2 N–H and O–H groups in total. The van der Waals surface area contributed by atoms with E-state index in [4.69, 9.17) is 0 Å². The van der Waals surface area contributed by atoms with Crippen molar-refractivity contribution in [3.8, 4) is 0 Å². The van der Waals surface area contributed by atoms with Crippen molar-refractivity contribution in [3.05, 3.63) is 114 Å². The normalized spacial score (nSPS) is 10.6. The van der Waals surface area contributed by atoms with Crippen LogP contribution in [-0.2, 0) is 6.42 Å². The lowest BCUT2D eigenvalue weighted by Crippen LogP contribution is -2.26. The maximum atomic E-state index is 12.8. The van der Waals surface area contributed by atoms with Gasteiger partial charge in [-0.3, -0.25) is 9.59 Å². The first-order valence-corrected chi connectivity index (χ1v) is 10.4. The number of hydrogen-bond donors (Lipinski definition) is 2.